The number of anilines is 1. The van der Waals surface area contributed by atoms with E-state index in [1.807, 2.05) is 60.7 Å². The Bertz CT molecular complexity index is 1020. The molecule has 0 radical (unpaired) electrons. The molecule has 0 spiro atoms. The molecule has 0 bridgehead atoms. The maximum Gasteiger partial charge on any atom is 0.216 e. The zero-order valence-corrected chi connectivity index (χ0v) is 18.9. The van der Waals surface area contributed by atoms with Gasteiger partial charge in [-0.15, -0.1) is 0 Å². The highest BCUT2D eigenvalue weighted by atomic mass is 35.5. The van der Waals surface area contributed by atoms with Crippen molar-refractivity contribution in [2.75, 3.05) is 5.09 Å². The number of nitrogens with one attached hydrogen (secondary N) is 1. The Labute approximate surface area is 190 Å². The van der Waals surface area contributed by atoms with Crippen molar-refractivity contribution in [2.45, 2.75) is 0 Å². The van der Waals surface area contributed by atoms with Crippen molar-refractivity contribution < 1.29 is 4.57 Å². The van der Waals surface area contributed by atoms with E-state index in [0.717, 1.165) is 11.1 Å². The van der Waals surface area contributed by atoms with Crippen LogP contribution in [-0.2, 0) is 4.57 Å². The van der Waals surface area contributed by atoms with E-state index in [1.165, 1.54) is 11.6 Å². The van der Waals surface area contributed by atoms with E-state index in [9.17, 15) is 4.57 Å². The van der Waals surface area contributed by atoms with E-state index in [1.54, 1.807) is 18.2 Å². The standard InChI is InChI=1S/C22H16Cl4NOP/c23-18-11-19(24)13-20(12-18)27-29(28,14-21(25)16-7-3-1-4-8-16)15-22(26)17-9-5-2-6-10-17/h1-15H,(H,27,28)/b21-14-,22-15-. The van der Waals surface area contributed by atoms with Crippen molar-refractivity contribution in [3.8, 4) is 0 Å². The molecule has 0 amide bonds. The maximum absolute atomic E-state index is 13.9. The first-order valence-corrected chi connectivity index (χ1v) is 11.9. The van der Waals surface area contributed by atoms with E-state index in [2.05, 4.69) is 5.09 Å². The average molecular weight is 483 g/mol. The van der Waals surface area contributed by atoms with Crippen LogP contribution in [0.15, 0.2) is 90.5 Å². The summed E-state index contributed by atoms with van der Waals surface area (Å²) in [6, 6.07) is 23.4. The smallest absolute Gasteiger partial charge is 0.216 e. The molecule has 3 aromatic rings. The van der Waals surface area contributed by atoms with Gasteiger partial charge in [0.2, 0.25) is 7.29 Å². The van der Waals surface area contributed by atoms with E-state index >= 15 is 0 Å². The first-order valence-electron chi connectivity index (χ1n) is 8.56. The van der Waals surface area contributed by atoms with Crippen LogP contribution in [0.5, 0.6) is 0 Å². The minimum Gasteiger partial charge on any atom is -0.330 e. The zero-order chi connectivity index (χ0) is 20.9. The fourth-order valence-electron chi connectivity index (χ4n) is 2.60. The van der Waals surface area contributed by atoms with Crippen molar-refractivity contribution in [1.29, 1.82) is 0 Å². The molecule has 0 saturated carbocycles. The molecule has 0 aliphatic heterocycles. The summed E-state index contributed by atoms with van der Waals surface area (Å²) in [6.45, 7) is 0. The SMILES string of the molecule is O=P(/C=C(\Cl)c1ccccc1)(/C=C(\Cl)c1ccccc1)Nc1cc(Cl)cc(Cl)c1. The van der Waals surface area contributed by atoms with Crippen molar-refractivity contribution >= 4 is 69.4 Å². The molecule has 0 atom stereocenters. The Morgan fingerprint density at radius 1 is 0.724 bits per heavy atom. The van der Waals surface area contributed by atoms with Crippen molar-refractivity contribution in [3.05, 3.63) is 112 Å². The number of hydrogen-bond acceptors (Lipinski definition) is 1. The highest BCUT2D eigenvalue weighted by Crippen LogP contribution is 2.54. The number of rotatable bonds is 6. The molecule has 3 rings (SSSR count). The van der Waals surface area contributed by atoms with Crippen molar-refractivity contribution in [1.82, 2.24) is 0 Å². The van der Waals surface area contributed by atoms with Crippen LogP contribution in [0.4, 0.5) is 5.69 Å². The summed E-state index contributed by atoms with van der Waals surface area (Å²) < 4.78 is 13.9. The van der Waals surface area contributed by atoms with E-state index < -0.39 is 7.29 Å². The van der Waals surface area contributed by atoms with Crippen LogP contribution in [0.25, 0.3) is 10.1 Å². The number of halogens is 4. The van der Waals surface area contributed by atoms with Gasteiger partial charge in [0, 0.05) is 27.4 Å². The molecule has 0 heterocycles. The van der Waals surface area contributed by atoms with Crippen molar-refractivity contribution in [3.63, 3.8) is 0 Å². The lowest BCUT2D eigenvalue weighted by molar-refractivity contribution is 0.589. The molecule has 0 saturated heterocycles. The van der Waals surface area contributed by atoms with Gasteiger partial charge in [-0.05, 0) is 29.3 Å². The van der Waals surface area contributed by atoms with Gasteiger partial charge < -0.3 is 5.09 Å². The number of hydrogen-bond donors (Lipinski definition) is 1. The van der Waals surface area contributed by atoms with Gasteiger partial charge in [-0.25, -0.2) is 0 Å². The van der Waals surface area contributed by atoms with Crippen LogP contribution in [0.1, 0.15) is 11.1 Å². The van der Waals surface area contributed by atoms with Gasteiger partial charge in [0.1, 0.15) is 0 Å². The Kier molecular flexibility index (Phi) is 7.51. The Balaban J connectivity index is 2.06. The summed E-state index contributed by atoms with van der Waals surface area (Å²) in [4.78, 5) is 0. The van der Waals surface area contributed by atoms with Crippen LogP contribution >= 0.6 is 53.7 Å². The van der Waals surface area contributed by atoms with Gasteiger partial charge >= 0.3 is 0 Å². The molecule has 0 aliphatic carbocycles. The molecule has 0 fully saturated rings. The fourth-order valence-corrected chi connectivity index (χ4v) is 5.96. The highest BCUT2D eigenvalue weighted by Gasteiger charge is 2.20. The lowest BCUT2D eigenvalue weighted by Crippen LogP contribution is -1.94. The van der Waals surface area contributed by atoms with Gasteiger partial charge in [0.25, 0.3) is 0 Å². The molecule has 7 heteroatoms. The highest BCUT2D eigenvalue weighted by molar-refractivity contribution is 7.72. The monoisotopic (exact) mass is 481 g/mol. The lowest BCUT2D eigenvalue weighted by atomic mass is 10.2. The summed E-state index contributed by atoms with van der Waals surface area (Å²) in [5.41, 5.74) is 1.97. The van der Waals surface area contributed by atoms with Gasteiger partial charge in [0.15, 0.2) is 0 Å². The zero-order valence-electron chi connectivity index (χ0n) is 15.0. The minimum atomic E-state index is -3.38. The Hall–Kier alpha value is -1.67. The topological polar surface area (TPSA) is 29.1 Å². The quantitative estimate of drug-likeness (QED) is 0.355. The molecule has 0 aliphatic rings. The Morgan fingerprint density at radius 2 is 1.14 bits per heavy atom. The molecule has 1 N–H and O–H groups in total. The van der Waals surface area contributed by atoms with Crippen LogP contribution in [-0.4, -0.2) is 0 Å². The Morgan fingerprint density at radius 3 is 1.55 bits per heavy atom. The molecule has 0 unspecified atom stereocenters. The summed E-state index contributed by atoms with van der Waals surface area (Å²) in [5, 5.41) is 4.51. The van der Waals surface area contributed by atoms with Crippen LogP contribution in [0.2, 0.25) is 10.0 Å². The largest absolute Gasteiger partial charge is 0.330 e. The summed E-state index contributed by atoms with van der Waals surface area (Å²) >= 11 is 25.1. The molecule has 0 aromatic heterocycles. The number of benzene rings is 3. The second-order valence-corrected chi connectivity index (χ2v) is 10.0. The van der Waals surface area contributed by atoms with Gasteiger partial charge in [0.05, 0.1) is 10.1 Å². The normalized spacial score (nSPS) is 12.7. The third-order valence-electron chi connectivity index (χ3n) is 3.88. The molecule has 3 aromatic carbocycles. The third-order valence-corrected chi connectivity index (χ3v) is 7.16. The van der Waals surface area contributed by atoms with E-state index in [0.29, 0.717) is 25.8 Å². The molecular weight excluding hydrogens is 467 g/mol. The minimum absolute atomic E-state index is 0.336. The molecule has 29 heavy (non-hydrogen) atoms. The first kappa shape index (κ1) is 22.0. The molecule has 148 valence electrons. The summed E-state index contributed by atoms with van der Waals surface area (Å²) in [7, 11) is -3.38. The molecular formula is C22H16Cl4NOP. The average Bonchev–Trinajstić information content (AvgIpc) is 2.68. The van der Waals surface area contributed by atoms with Crippen LogP contribution in [0.3, 0.4) is 0 Å². The third kappa shape index (κ3) is 6.40. The lowest BCUT2D eigenvalue weighted by Gasteiger charge is -2.16. The van der Waals surface area contributed by atoms with Crippen molar-refractivity contribution in [2.24, 2.45) is 0 Å². The first-order chi connectivity index (χ1) is 13.8. The predicted octanol–water partition coefficient (Wildman–Crippen LogP) is 9.16. The fraction of sp³-hybridized carbons (Fsp3) is 0. The van der Waals surface area contributed by atoms with E-state index in [4.69, 9.17) is 46.4 Å². The summed E-state index contributed by atoms with van der Waals surface area (Å²) in [5.74, 6) is 2.95. The van der Waals surface area contributed by atoms with Crippen LogP contribution in [0, 0.1) is 0 Å². The predicted molar refractivity (Wildman–Crippen MR) is 128 cm³/mol. The second-order valence-electron chi connectivity index (χ2n) is 6.17. The van der Waals surface area contributed by atoms with Gasteiger partial charge in [-0.2, -0.15) is 0 Å². The maximum atomic E-state index is 13.9. The van der Waals surface area contributed by atoms with E-state index in [-0.39, 0.29) is 0 Å². The second kappa shape index (κ2) is 9.89. The molecule has 2 nitrogen and oxygen atoms in total. The van der Waals surface area contributed by atoms with Gasteiger partial charge in [-0.1, -0.05) is 107 Å². The van der Waals surface area contributed by atoms with Crippen LogP contribution < -0.4 is 5.09 Å². The summed E-state index contributed by atoms with van der Waals surface area (Å²) in [6.07, 6.45) is 0. The van der Waals surface area contributed by atoms with Gasteiger partial charge in [-0.3, -0.25) is 4.57 Å².